The van der Waals surface area contributed by atoms with Gasteiger partial charge in [-0.05, 0) is 0 Å². The van der Waals surface area contributed by atoms with Gasteiger partial charge in [-0.15, -0.1) is 0 Å². The van der Waals surface area contributed by atoms with Crippen molar-refractivity contribution >= 4 is 23.6 Å². The highest BCUT2D eigenvalue weighted by atomic mass is 16.4. The topological polar surface area (TPSA) is 121 Å². The third kappa shape index (κ3) is 6.29. The maximum Gasteiger partial charge on any atom is 0.326 e. The molecule has 3 N–H and O–H groups in total. The number of rotatable bonds is 7. The molecule has 0 saturated heterocycles. The van der Waals surface area contributed by atoms with Crippen LogP contribution in [0, 0.1) is 5.92 Å². The van der Waals surface area contributed by atoms with E-state index in [-0.39, 0.29) is 18.1 Å². The Balaban J connectivity index is 4.45. The Morgan fingerprint density at radius 2 is 1.65 bits per heavy atom. The van der Waals surface area contributed by atoms with Crippen LogP contribution in [0.5, 0.6) is 0 Å². The van der Waals surface area contributed by atoms with Crippen LogP contribution < -0.4 is 5.32 Å². The highest BCUT2D eigenvalue weighted by Crippen LogP contribution is 2.03. The van der Waals surface area contributed by atoms with Crippen LogP contribution in [0.15, 0.2) is 0 Å². The van der Waals surface area contributed by atoms with Crippen LogP contribution in [0.3, 0.4) is 0 Å². The SMILES string of the molecule is CC(C)C(=O)CC(NC(=O)CC(=O)O)C(=O)O. The number of ketones is 1. The van der Waals surface area contributed by atoms with Crippen LogP contribution in [0.4, 0.5) is 0 Å². The molecule has 0 aliphatic rings. The molecule has 0 aromatic carbocycles. The van der Waals surface area contributed by atoms with Crippen molar-refractivity contribution in [3.05, 3.63) is 0 Å². The number of Topliss-reactive ketones (excluding diaryl/α,β-unsaturated/α-hetero) is 1. The quantitative estimate of drug-likeness (QED) is 0.527. The Morgan fingerprint density at radius 1 is 1.12 bits per heavy atom. The molecule has 0 radical (unpaired) electrons. The smallest absolute Gasteiger partial charge is 0.326 e. The maximum atomic E-state index is 11.3. The highest BCUT2D eigenvalue weighted by Gasteiger charge is 2.24. The minimum Gasteiger partial charge on any atom is -0.481 e. The normalized spacial score (nSPS) is 11.9. The summed E-state index contributed by atoms with van der Waals surface area (Å²) in [5.74, 6) is -4.30. The van der Waals surface area contributed by atoms with Gasteiger partial charge in [0, 0.05) is 12.3 Å². The molecule has 0 rings (SSSR count). The number of aliphatic carboxylic acids is 2. The van der Waals surface area contributed by atoms with Crippen LogP contribution in [-0.2, 0) is 19.2 Å². The van der Waals surface area contributed by atoms with Gasteiger partial charge >= 0.3 is 11.9 Å². The zero-order valence-electron chi connectivity index (χ0n) is 9.60. The summed E-state index contributed by atoms with van der Waals surface area (Å²) in [5.41, 5.74) is 0. The molecule has 96 valence electrons. The molecule has 1 atom stereocenters. The van der Waals surface area contributed by atoms with E-state index < -0.39 is 30.3 Å². The van der Waals surface area contributed by atoms with E-state index >= 15 is 0 Å². The monoisotopic (exact) mass is 245 g/mol. The predicted octanol–water partition coefficient (Wildman–Crippen LogP) is -0.354. The van der Waals surface area contributed by atoms with Crippen molar-refractivity contribution in [1.29, 1.82) is 0 Å². The summed E-state index contributed by atoms with van der Waals surface area (Å²) in [6.07, 6.45) is -1.17. The van der Waals surface area contributed by atoms with Gasteiger partial charge in [0.25, 0.3) is 0 Å². The first-order valence-corrected chi connectivity index (χ1v) is 5.00. The number of hydrogen-bond donors (Lipinski definition) is 3. The van der Waals surface area contributed by atoms with Gasteiger partial charge in [-0.1, -0.05) is 13.8 Å². The van der Waals surface area contributed by atoms with Crippen LogP contribution in [0.1, 0.15) is 26.7 Å². The molecule has 0 aliphatic carbocycles. The fourth-order valence-electron chi connectivity index (χ4n) is 1.02. The summed E-state index contributed by atoms with van der Waals surface area (Å²) in [4.78, 5) is 43.4. The zero-order chi connectivity index (χ0) is 13.6. The van der Waals surface area contributed by atoms with Gasteiger partial charge in [0.2, 0.25) is 5.91 Å². The summed E-state index contributed by atoms with van der Waals surface area (Å²) in [6, 6.07) is -1.38. The summed E-state index contributed by atoms with van der Waals surface area (Å²) < 4.78 is 0. The minimum atomic E-state index is -1.38. The molecule has 0 aliphatic heterocycles. The number of nitrogens with one attached hydrogen (secondary N) is 1. The second-order valence-electron chi connectivity index (χ2n) is 3.85. The molecule has 17 heavy (non-hydrogen) atoms. The Morgan fingerprint density at radius 3 is 2.00 bits per heavy atom. The Hall–Kier alpha value is -1.92. The average molecular weight is 245 g/mol. The van der Waals surface area contributed by atoms with E-state index in [0.717, 1.165) is 0 Å². The molecule has 1 amide bonds. The van der Waals surface area contributed by atoms with Crippen LogP contribution in [0.2, 0.25) is 0 Å². The summed E-state index contributed by atoms with van der Waals surface area (Å²) >= 11 is 0. The van der Waals surface area contributed by atoms with Crippen molar-refractivity contribution < 1.29 is 29.4 Å². The van der Waals surface area contributed by atoms with E-state index in [1.54, 1.807) is 13.8 Å². The van der Waals surface area contributed by atoms with Gasteiger partial charge in [-0.2, -0.15) is 0 Å². The van der Waals surface area contributed by atoms with Gasteiger partial charge in [0.05, 0.1) is 0 Å². The van der Waals surface area contributed by atoms with Crippen molar-refractivity contribution in [2.75, 3.05) is 0 Å². The van der Waals surface area contributed by atoms with E-state index in [4.69, 9.17) is 10.2 Å². The molecule has 7 heteroatoms. The van der Waals surface area contributed by atoms with Crippen molar-refractivity contribution in [3.63, 3.8) is 0 Å². The van der Waals surface area contributed by atoms with E-state index in [2.05, 4.69) is 0 Å². The second-order valence-corrected chi connectivity index (χ2v) is 3.85. The lowest BCUT2D eigenvalue weighted by Crippen LogP contribution is -2.43. The third-order valence-corrected chi connectivity index (χ3v) is 1.99. The van der Waals surface area contributed by atoms with Crippen molar-refractivity contribution in [2.45, 2.75) is 32.7 Å². The Bertz CT molecular complexity index is 336. The van der Waals surface area contributed by atoms with Crippen molar-refractivity contribution in [2.24, 2.45) is 5.92 Å². The van der Waals surface area contributed by atoms with E-state index in [0.29, 0.717) is 0 Å². The number of carbonyl (C=O) groups excluding carboxylic acids is 2. The number of carboxylic acids is 2. The first-order chi connectivity index (χ1) is 7.73. The van der Waals surface area contributed by atoms with Gasteiger partial charge in [0.15, 0.2) is 0 Å². The Kier molecular flexibility index (Phi) is 5.87. The van der Waals surface area contributed by atoms with Gasteiger partial charge in [-0.3, -0.25) is 14.4 Å². The number of carboxylic acid groups (broad SMARTS) is 2. The minimum absolute atomic E-state index is 0.312. The number of hydrogen-bond acceptors (Lipinski definition) is 4. The molecule has 7 nitrogen and oxygen atoms in total. The Labute approximate surface area is 97.8 Å². The molecule has 0 bridgehead atoms. The first kappa shape index (κ1) is 15.1. The molecule has 0 aromatic rings. The molecule has 0 fully saturated rings. The summed E-state index contributed by atoms with van der Waals surface area (Å²) in [6.45, 7) is 3.22. The lowest BCUT2D eigenvalue weighted by Gasteiger charge is -2.14. The molecule has 0 saturated carbocycles. The lowest BCUT2D eigenvalue weighted by molar-refractivity contribution is -0.146. The average Bonchev–Trinajstić information content (AvgIpc) is 2.14. The van der Waals surface area contributed by atoms with Crippen LogP contribution in [0.25, 0.3) is 0 Å². The van der Waals surface area contributed by atoms with Gasteiger partial charge in [0.1, 0.15) is 18.2 Å². The van der Waals surface area contributed by atoms with Gasteiger partial charge in [-0.25, -0.2) is 4.79 Å². The second kappa shape index (κ2) is 6.62. The number of carbonyl (C=O) groups is 4. The summed E-state index contributed by atoms with van der Waals surface area (Å²) in [7, 11) is 0. The van der Waals surface area contributed by atoms with Crippen molar-refractivity contribution in [3.8, 4) is 0 Å². The van der Waals surface area contributed by atoms with Gasteiger partial charge < -0.3 is 15.5 Å². The third-order valence-electron chi connectivity index (χ3n) is 1.99. The molecule has 0 heterocycles. The van der Waals surface area contributed by atoms with E-state index in [1.807, 2.05) is 5.32 Å². The van der Waals surface area contributed by atoms with Crippen LogP contribution in [-0.4, -0.2) is 39.9 Å². The number of amides is 1. The van der Waals surface area contributed by atoms with Crippen molar-refractivity contribution in [1.82, 2.24) is 5.32 Å². The largest absolute Gasteiger partial charge is 0.481 e. The molecule has 0 aromatic heterocycles. The molecule has 0 spiro atoms. The summed E-state index contributed by atoms with van der Waals surface area (Å²) in [5, 5.41) is 19.1. The van der Waals surface area contributed by atoms with E-state index in [1.165, 1.54) is 0 Å². The standard InChI is InChI=1S/C10H15NO6/c1-5(2)7(12)3-6(10(16)17)11-8(13)4-9(14)15/h5-6H,3-4H2,1-2H3,(H,11,13)(H,14,15)(H,16,17). The predicted molar refractivity (Wildman–Crippen MR) is 56.3 cm³/mol. The van der Waals surface area contributed by atoms with Crippen LogP contribution >= 0.6 is 0 Å². The maximum absolute atomic E-state index is 11.3. The molecular weight excluding hydrogens is 230 g/mol. The molecular formula is C10H15NO6. The fourth-order valence-corrected chi connectivity index (χ4v) is 1.02. The fraction of sp³-hybridized carbons (Fsp3) is 0.600. The first-order valence-electron chi connectivity index (χ1n) is 5.00. The lowest BCUT2D eigenvalue weighted by atomic mass is 10.0. The van der Waals surface area contributed by atoms with E-state index in [9.17, 15) is 19.2 Å². The molecule has 1 unspecified atom stereocenters. The zero-order valence-corrected chi connectivity index (χ0v) is 9.60. The highest BCUT2D eigenvalue weighted by molar-refractivity contribution is 5.96.